The maximum atomic E-state index is 13.0. The average molecular weight is 161 g/mol. The van der Waals surface area contributed by atoms with Crippen LogP contribution in [0.15, 0.2) is 0 Å². The van der Waals surface area contributed by atoms with Gasteiger partial charge in [0.15, 0.2) is 0 Å². The number of halogens is 2. The first-order valence-electron chi connectivity index (χ1n) is 4.03. The van der Waals surface area contributed by atoms with E-state index in [4.69, 9.17) is 0 Å². The molecule has 0 aromatic rings. The summed E-state index contributed by atoms with van der Waals surface area (Å²) in [5.74, 6) is -2.80. The van der Waals surface area contributed by atoms with Gasteiger partial charge in [-0.2, -0.15) is 0 Å². The topological polar surface area (TPSA) is 3.24 Å². The van der Waals surface area contributed by atoms with Crippen LogP contribution < -0.4 is 0 Å². The lowest BCUT2D eigenvalue weighted by molar-refractivity contribution is 0.0117. The Hall–Kier alpha value is -0.180. The summed E-state index contributed by atoms with van der Waals surface area (Å²) < 4.78 is 26.0. The van der Waals surface area contributed by atoms with Crippen molar-refractivity contribution in [2.45, 2.75) is 37.8 Å². The number of fused-ring (bicyclic) bond motifs is 1. The molecule has 1 aliphatic carbocycles. The Morgan fingerprint density at radius 1 is 1.45 bits per heavy atom. The molecule has 0 bridgehead atoms. The smallest absolute Gasteiger partial charge is 0.271 e. The second-order valence-corrected chi connectivity index (χ2v) is 4.02. The van der Waals surface area contributed by atoms with E-state index in [1.807, 2.05) is 11.8 Å². The molecule has 2 fully saturated rings. The molecule has 1 saturated carbocycles. The van der Waals surface area contributed by atoms with Gasteiger partial charge in [0.1, 0.15) is 0 Å². The summed E-state index contributed by atoms with van der Waals surface area (Å²) in [6, 6.07) is 0.324. The highest BCUT2D eigenvalue weighted by atomic mass is 19.3. The highest BCUT2D eigenvalue weighted by molar-refractivity contribution is 5.27. The van der Waals surface area contributed by atoms with Crippen LogP contribution in [0.1, 0.15) is 20.3 Å². The van der Waals surface area contributed by atoms with Gasteiger partial charge in [-0.25, -0.2) is 8.78 Å². The van der Waals surface area contributed by atoms with Crippen LogP contribution in [0.25, 0.3) is 0 Å². The van der Waals surface area contributed by atoms with Crippen molar-refractivity contribution in [2.75, 3.05) is 7.05 Å². The first kappa shape index (κ1) is 7.47. The molecule has 11 heavy (non-hydrogen) atoms. The molecule has 0 amide bonds. The van der Waals surface area contributed by atoms with Gasteiger partial charge in [0.2, 0.25) is 0 Å². The molecule has 3 heteroatoms. The van der Waals surface area contributed by atoms with E-state index in [2.05, 4.69) is 0 Å². The van der Waals surface area contributed by atoms with E-state index < -0.39 is 11.5 Å². The molecule has 1 aliphatic heterocycles. The van der Waals surface area contributed by atoms with Crippen LogP contribution in [-0.2, 0) is 0 Å². The molecule has 3 atom stereocenters. The van der Waals surface area contributed by atoms with E-state index in [1.54, 1.807) is 14.0 Å². The van der Waals surface area contributed by atoms with Gasteiger partial charge in [-0.05, 0) is 27.3 Å². The van der Waals surface area contributed by atoms with Gasteiger partial charge in [-0.3, -0.25) is 4.90 Å². The second-order valence-electron chi connectivity index (χ2n) is 4.02. The molecule has 1 saturated heterocycles. The highest BCUT2D eigenvalue weighted by Crippen LogP contribution is 2.67. The first-order chi connectivity index (χ1) is 4.92. The summed E-state index contributed by atoms with van der Waals surface area (Å²) in [5, 5.41) is 0. The quantitative estimate of drug-likeness (QED) is 0.523. The summed E-state index contributed by atoms with van der Waals surface area (Å²) in [6.07, 6.45) is 0.653. The largest absolute Gasteiger partial charge is 0.292 e. The normalized spacial score (nSPS) is 54.3. The third-order valence-electron chi connectivity index (χ3n) is 3.68. The van der Waals surface area contributed by atoms with Crippen LogP contribution in [-0.4, -0.2) is 29.5 Å². The Labute approximate surface area is 65.4 Å². The van der Waals surface area contributed by atoms with Gasteiger partial charge in [-0.1, -0.05) is 0 Å². The van der Waals surface area contributed by atoms with Gasteiger partial charge in [0, 0.05) is 6.04 Å². The summed E-state index contributed by atoms with van der Waals surface area (Å²) in [6.45, 7) is 3.68. The number of alkyl halides is 2. The predicted octanol–water partition coefficient (Wildman–Crippen LogP) is 1.73. The number of piperidine rings is 1. The van der Waals surface area contributed by atoms with Crippen molar-refractivity contribution in [3.63, 3.8) is 0 Å². The maximum absolute atomic E-state index is 13.0. The monoisotopic (exact) mass is 161 g/mol. The van der Waals surface area contributed by atoms with Crippen molar-refractivity contribution >= 4 is 0 Å². The van der Waals surface area contributed by atoms with E-state index in [9.17, 15) is 8.78 Å². The molecule has 2 aliphatic rings. The Balaban J connectivity index is 2.28. The number of rotatable bonds is 0. The standard InChI is InChI=1S/C8H13F2N/c1-5-4-6-7(2,11(5)3)8(6,9)10/h5-6H,4H2,1-3H3/t5?,6?,7-/m0/s1. The highest BCUT2D eigenvalue weighted by Gasteiger charge is 2.82. The molecule has 2 unspecified atom stereocenters. The molecule has 0 radical (unpaired) electrons. The minimum Gasteiger partial charge on any atom is -0.292 e. The van der Waals surface area contributed by atoms with Crippen molar-refractivity contribution in [1.82, 2.24) is 4.90 Å². The van der Waals surface area contributed by atoms with Crippen LogP contribution in [0, 0.1) is 5.92 Å². The van der Waals surface area contributed by atoms with Gasteiger partial charge >= 0.3 is 0 Å². The molecule has 1 nitrogen and oxygen atoms in total. The fourth-order valence-electron chi connectivity index (χ4n) is 2.42. The Morgan fingerprint density at radius 3 is 2.27 bits per heavy atom. The fraction of sp³-hybridized carbons (Fsp3) is 1.00. The summed E-state index contributed by atoms with van der Waals surface area (Å²) >= 11 is 0. The van der Waals surface area contributed by atoms with Crippen molar-refractivity contribution in [1.29, 1.82) is 0 Å². The summed E-state index contributed by atoms with van der Waals surface area (Å²) in [4.78, 5) is 1.82. The summed E-state index contributed by atoms with van der Waals surface area (Å²) in [5.41, 5.74) is -0.813. The first-order valence-corrected chi connectivity index (χ1v) is 4.03. The molecule has 1 heterocycles. The third-order valence-corrected chi connectivity index (χ3v) is 3.68. The van der Waals surface area contributed by atoms with Crippen molar-refractivity contribution in [3.05, 3.63) is 0 Å². The van der Waals surface area contributed by atoms with Gasteiger partial charge in [-0.15, -0.1) is 0 Å². The molecular formula is C8H13F2N. The minimum absolute atomic E-state index is 0.324. The van der Waals surface area contributed by atoms with Crippen LogP contribution in [0.5, 0.6) is 0 Å². The molecule has 0 aromatic heterocycles. The SMILES string of the molecule is CC1CC2C(F)(F)[C@@]2(C)N1C. The third kappa shape index (κ3) is 0.558. The fourth-order valence-corrected chi connectivity index (χ4v) is 2.42. The zero-order chi connectivity index (χ0) is 8.44. The lowest BCUT2D eigenvalue weighted by Gasteiger charge is -2.26. The number of likely N-dealkylation sites (tertiary alicyclic amines) is 1. The Kier molecular flexibility index (Phi) is 1.09. The van der Waals surface area contributed by atoms with Crippen molar-refractivity contribution in [3.8, 4) is 0 Å². The zero-order valence-corrected chi connectivity index (χ0v) is 7.06. The minimum atomic E-state index is -2.42. The van der Waals surface area contributed by atoms with Gasteiger partial charge < -0.3 is 0 Å². The lowest BCUT2D eigenvalue weighted by Crippen LogP contribution is -2.39. The molecule has 0 N–H and O–H groups in total. The van der Waals surface area contributed by atoms with Crippen LogP contribution >= 0.6 is 0 Å². The van der Waals surface area contributed by atoms with E-state index in [-0.39, 0.29) is 5.92 Å². The van der Waals surface area contributed by atoms with Crippen LogP contribution in [0.3, 0.4) is 0 Å². The number of nitrogens with zero attached hydrogens (tertiary/aromatic N) is 1. The van der Waals surface area contributed by atoms with Crippen LogP contribution in [0.4, 0.5) is 8.78 Å². The second kappa shape index (κ2) is 1.60. The van der Waals surface area contributed by atoms with E-state index in [1.165, 1.54) is 0 Å². The van der Waals surface area contributed by atoms with E-state index in [0.29, 0.717) is 12.5 Å². The Morgan fingerprint density at radius 2 is 2.00 bits per heavy atom. The molecular weight excluding hydrogens is 148 g/mol. The maximum Gasteiger partial charge on any atom is 0.271 e. The lowest BCUT2D eigenvalue weighted by atomic mass is 10.2. The number of hydrogen-bond donors (Lipinski definition) is 0. The molecule has 0 spiro atoms. The molecule has 64 valence electrons. The van der Waals surface area contributed by atoms with Crippen molar-refractivity contribution < 1.29 is 8.78 Å². The van der Waals surface area contributed by atoms with Gasteiger partial charge in [0.05, 0.1) is 11.5 Å². The zero-order valence-electron chi connectivity index (χ0n) is 7.06. The summed E-state index contributed by atoms with van der Waals surface area (Å²) in [7, 11) is 1.80. The van der Waals surface area contributed by atoms with Crippen molar-refractivity contribution in [2.24, 2.45) is 5.92 Å². The predicted molar refractivity (Wildman–Crippen MR) is 38.7 cm³/mol. The van der Waals surface area contributed by atoms with Gasteiger partial charge in [0.25, 0.3) is 5.92 Å². The molecule has 0 aromatic carbocycles. The molecule has 2 rings (SSSR count). The van der Waals surface area contributed by atoms with E-state index in [0.717, 1.165) is 0 Å². The van der Waals surface area contributed by atoms with E-state index >= 15 is 0 Å². The average Bonchev–Trinajstić information content (AvgIpc) is 2.16. The number of hydrogen-bond acceptors (Lipinski definition) is 1. The van der Waals surface area contributed by atoms with Crippen LogP contribution in [0.2, 0.25) is 0 Å². The Bertz CT molecular complexity index is 200.